The fourth-order valence-electron chi connectivity index (χ4n) is 5.49. The molecule has 0 aromatic rings. The molecular formula is C36H66O8. The van der Waals surface area contributed by atoms with Gasteiger partial charge in [-0.3, -0.25) is 9.59 Å². The zero-order valence-electron chi connectivity index (χ0n) is 29.2. The van der Waals surface area contributed by atoms with E-state index in [9.17, 15) is 24.6 Å². The van der Waals surface area contributed by atoms with Gasteiger partial charge in [0.25, 0.3) is 0 Å². The van der Waals surface area contributed by atoms with Crippen LogP contribution in [0.2, 0.25) is 0 Å². The summed E-state index contributed by atoms with van der Waals surface area (Å²) in [7, 11) is 0. The summed E-state index contributed by atoms with van der Waals surface area (Å²) in [5.74, 6) is 0.554. The van der Waals surface area contributed by atoms with Gasteiger partial charge in [-0.25, -0.2) is 4.79 Å². The second-order valence-corrected chi connectivity index (χ2v) is 14.4. The van der Waals surface area contributed by atoms with E-state index in [-0.39, 0.29) is 24.9 Å². The molecule has 3 N–H and O–H groups in total. The zero-order valence-corrected chi connectivity index (χ0v) is 29.2. The van der Waals surface area contributed by atoms with Crippen molar-refractivity contribution in [3.8, 4) is 0 Å². The van der Waals surface area contributed by atoms with E-state index in [0.717, 1.165) is 42.9 Å². The molecule has 8 nitrogen and oxygen atoms in total. The number of carboxylic acid groups (broad SMARTS) is 1. The van der Waals surface area contributed by atoms with Crippen LogP contribution in [0.1, 0.15) is 152 Å². The number of aliphatic carboxylic acids is 1. The van der Waals surface area contributed by atoms with Crippen molar-refractivity contribution >= 4 is 17.9 Å². The molecule has 0 amide bonds. The summed E-state index contributed by atoms with van der Waals surface area (Å²) >= 11 is 0. The van der Waals surface area contributed by atoms with Gasteiger partial charge in [0.2, 0.25) is 5.76 Å². The predicted molar refractivity (Wildman–Crippen MR) is 176 cm³/mol. The number of aliphatic hydroxyl groups excluding tert-OH is 2. The highest BCUT2D eigenvalue weighted by Crippen LogP contribution is 2.23. The smallest absolute Gasteiger partial charge is 0.377 e. The fourth-order valence-corrected chi connectivity index (χ4v) is 5.49. The highest BCUT2D eigenvalue weighted by molar-refractivity contribution is 5.89. The Kier molecular flexibility index (Phi) is 22.8. The first-order valence-electron chi connectivity index (χ1n) is 17.3. The molecule has 5 atom stereocenters. The van der Waals surface area contributed by atoms with Gasteiger partial charge >= 0.3 is 17.9 Å². The molecule has 1 heterocycles. The number of ether oxygens (including phenoxy) is 2. The Balaban J connectivity index is 0.000000938. The fraction of sp³-hybridized carbons (Fsp3) is 0.861. The van der Waals surface area contributed by atoms with Gasteiger partial charge in [-0.2, -0.15) is 0 Å². The average molecular weight is 627 g/mol. The summed E-state index contributed by atoms with van der Waals surface area (Å²) in [5, 5.41) is 27.4. The summed E-state index contributed by atoms with van der Waals surface area (Å²) < 4.78 is 9.91. The molecule has 0 bridgehead atoms. The summed E-state index contributed by atoms with van der Waals surface area (Å²) in [4.78, 5) is 33.5. The lowest BCUT2D eigenvalue weighted by Crippen LogP contribution is -2.17. The molecule has 0 aromatic heterocycles. The number of carbonyl (C=O) groups is 3. The van der Waals surface area contributed by atoms with Crippen molar-refractivity contribution in [2.24, 2.45) is 35.5 Å². The minimum Gasteiger partial charge on any atom is -0.505 e. The first-order chi connectivity index (χ1) is 20.6. The Morgan fingerprint density at radius 3 is 1.48 bits per heavy atom. The van der Waals surface area contributed by atoms with E-state index in [1.54, 1.807) is 0 Å². The quantitative estimate of drug-likeness (QED) is 0.0956. The van der Waals surface area contributed by atoms with E-state index >= 15 is 0 Å². The molecule has 44 heavy (non-hydrogen) atoms. The van der Waals surface area contributed by atoms with Crippen molar-refractivity contribution in [1.82, 2.24) is 0 Å². The summed E-state index contributed by atoms with van der Waals surface area (Å²) in [5.41, 5.74) is 0. The van der Waals surface area contributed by atoms with E-state index in [2.05, 4.69) is 48.5 Å². The normalized spacial score (nSPS) is 17.6. The van der Waals surface area contributed by atoms with Crippen molar-refractivity contribution in [1.29, 1.82) is 0 Å². The molecule has 0 radical (unpaired) electrons. The minimum atomic E-state index is -0.948. The van der Waals surface area contributed by atoms with Crippen LogP contribution in [-0.4, -0.2) is 45.9 Å². The second kappa shape index (κ2) is 24.0. The number of hydrogen-bond donors (Lipinski definition) is 3. The number of carboxylic acids is 1. The van der Waals surface area contributed by atoms with Crippen LogP contribution < -0.4 is 0 Å². The number of cyclic esters (lactones) is 1. The van der Waals surface area contributed by atoms with Gasteiger partial charge in [-0.05, 0) is 35.5 Å². The molecule has 5 unspecified atom stereocenters. The molecule has 1 rings (SSSR count). The van der Waals surface area contributed by atoms with Gasteiger partial charge in [-0.1, -0.05) is 132 Å². The maximum Gasteiger partial charge on any atom is 0.377 e. The summed E-state index contributed by atoms with van der Waals surface area (Å²) in [6.45, 7) is 17.8. The van der Waals surface area contributed by atoms with Crippen LogP contribution in [0.25, 0.3) is 0 Å². The molecule has 0 fully saturated rings. The van der Waals surface area contributed by atoms with E-state index in [1.807, 2.05) is 6.92 Å². The van der Waals surface area contributed by atoms with Gasteiger partial charge in [0.1, 0.15) is 0 Å². The SMILES string of the molecule is CC(C)CCCC(C)CCCC(C)CC(=O)O.CC(C)CCCC(C)CCCC(C)CC(=O)OCCC1OC(=O)C(O)=C1O. The third-order valence-corrected chi connectivity index (χ3v) is 8.42. The number of aliphatic hydroxyl groups is 2. The van der Waals surface area contributed by atoms with Gasteiger partial charge in [0, 0.05) is 19.3 Å². The van der Waals surface area contributed by atoms with Crippen LogP contribution in [-0.2, 0) is 23.9 Å². The van der Waals surface area contributed by atoms with Gasteiger partial charge in [-0.15, -0.1) is 0 Å². The van der Waals surface area contributed by atoms with E-state index < -0.39 is 29.6 Å². The lowest BCUT2D eigenvalue weighted by Gasteiger charge is -2.15. The first-order valence-corrected chi connectivity index (χ1v) is 17.3. The molecule has 0 aliphatic carbocycles. The maximum absolute atomic E-state index is 11.9. The van der Waals surface area contributed by atoms with Crippen molar-refractivity contribution in [2.75, 3.05) is 6.61 Å². The average Bonchev–Trinajstić information content (AvgIpc) is 3.14. The Bertz CT molecular complexity index is 834. The second-order valence-electron chi connectivity index (χ2n) is 14.4. The van der Waals surface area contributed by atoms with Gasteiger partial charge in [0.15, 0.2) is 11.9 Å². The standard InChI is InChI=1S/C21H36O6.C15H30O2/c1-14(2)7-5-8-15(3)9-6-10-16(4)13-18(22)26-12-11-17-19(23)20(24)21(25)27-17;1-12(2)7-5-8-13(3)9-6-10-14(4)11-15(16)17/h14-17,23-24H,5-13H2,1-4H3;12-14H,5-11H2,1-4H3,(H,16,17). The molecule has 0 saturated carbocycles. The highest BCUT2D eigenvalue weighted by atomic mass is 16.6. The van der Waals surface area contributed by atoms with Gasteiger partial charge in [0.05, 0.1) is 6.61 Å². The van der Waals surface area contributed by atoms with Crippen LogP contribution in [0.5, 0.6) is 0 Å². The first kappa shape index (κ1) is 41.8. The Morgan fingerprint density at radius 1 is 0.682 bits per heavy atom. The van der Waals surface area contributed by atoms with Crippen molar-refractivity contribution in [3.63, 3.8) is 0 Å². The zero-order chi connectivity index (χ0) is 33.7. The van der Waals surface area contributed by atoms with Crippen LogP contribution in [0.15, 0.2) is 11.5 Å². The minimum absolute atomic E-state index is 0.0354. The molecule has 1 aliphatic rings. The van der Waals surface area contributed by atoms with E-state index in [0.29, 0.717) is 18.8 Å². The Morgan fingerprint density at radius 2 is 1.09 bits per heavy atom. The molecule has 258 valence electrons. The lowest BCUT2D eigenvalue weighted by molar-refractivity contribution is -0.147. The van der Waals surface area contributed by atoms with Crippen LogP contribution in [0, 0.1) is 35.5 Å². The number of esters is 2. The molecule has 8 heteroatoms. The molecule has 0 saturated heterocycles. The van der Waals surface area contributed by atoms with Crippen molar-refractivity contribution in [2.45, 2.75) is 158 Å². The molecule has 0 spiro atoms. The van der Waals surface area contributed by atoms with Crippen molar-refractivity contribution < 1.29 is 39.2 Å². The molecular weight excluding hydrogens is 560 g/mol. The van der Waals surface area contributed by atoms with E-state index in [4.69, 9.17) is 14.6 Å². The van der Waals surface area contributed by atoms with Crippen LogP contribution in [0.3, 0.4) is 0 Å². The highest BCUT2D eigenvalue weighted by Gasteiger charge is 2.34. The topological polar surface area (TPSA) is 130 Å². The summed E-state index contributed by atoms with van der Waals surface area (Å²) in [6.07, 6.45) is 14.5. The molecule has 1 aliphatic heterocycles. The Labute approximate surface area is 268 Å². The monoisotopic (exact) mass is 626 g/mol. The molecule has 0 aromatic carbocycles. The summed E-state index contributed by atoms with van der Waals surface area (Å²) in [6, 6.07) is 0. The number of carbonyl (C=O) groups excluding carboxylic acids is 2. The largest absolute Gasteiger partial charge is 0.505 e. The van der Waals surface area contributed by atoms with E-state index in [1.165, 1.54) is 57.8 Å². The maximum atomic E-state index is 11.9. The third kappa shape index (κ3) is 22.3. The van der Waals surface area contributed by atoms with Crippen molar-refractivity contribution in [3.05, 3.63) is 11.5 Å². The number of rotatable bonds is 23. The van der Waals surface area contributed by atoms with Gasteiger partial charge < -0.3 is 24.8 Å². The number of hydrogen-bond acceptors (Lipinski definition) is 7. The lowest BCUT2D eigenvalue weighted by atomic mass is 9.93. The third-order valence-electron chi connectivity index (χ3n) is 8.42. The Hall–Kier alpha value is -2.25. The predicted octanol–water partition coefficient (Wildman–Crippen LogP) is 9.56. The van der Waals surface area contributed by atoms with Crippen LogP contribution in [0.4, 0.5) is 0 Å². The van der Waals surface area contributed by atoms with Crippen LogP contribution >= 0.6 is 0 Å².